The molecule has 0 radical (unpaired) electrons. The van der Waals surface area contributed by atoms with E-state index in [1.165, 1.54) is 12.5 Å². The van der Waals surface area contributed by atoms with Gasteiger partial charge in [0.1, 0.15) is 17.4 Å². The molecule has 2 aromatic carbocycles. The van der Waals surface area contributed by atoms with Crippen molar-refractivity contribution < 1.29 is 17.9 Å². The Morgan fingerprint density at radius 1 is 1.19 bits per heavy atom. The third-order valence-electron chi connectivity index (χ3n) is 5.43. The zero-order valence-electron chi connectivity index (χ0n) is 17.2. The Bertz CT molecular complexity index is 1430. The summed E-state index contributed by atoms with van der Waals surface area (Å²) < 4.78 is 30.9. The van der Waals surface area contributed by atoms with Gasteiger partial charge in [0.15, 0.2) is 15.5 Å². The van der Waals surface area contributed by atoms with Gasteiger partial charge < -0.3 is 10.1 Å². The van der Waals surface area contributed by atoms with E-state index in [-0.39, 0.29) is 12.0 Å². The maximum atomic E-state index is 12.6. The van der Waals surface area contributed by atoms with E-state index in [1.54, 1.807) is 47.2 Å². The highest BCUT2D eigenvalue weighted by atomic mass is 32.2. The lowest BCUT2D eigenvalue weighted by molar-refractivity contribution is 0.0935. The number of aromatic nitrogens is 3. The lowest BCUT2D eigenvalue weighted by atomic mass is 10.0. The largest absolute Gasteiger partial charge is 0.488 e. The van der Waals surface area contributed by atoms with Gasteiger partial charge in [0, 0.05) is 25.1 Å². The molecule has 2 aromatic heterocycles. The van der Waals surface area contributed by atoms with Crippen LogP contribution in [0.4, 0.5) is 0 Å². The molecule has 1 aliphatic rings. The number of hydrogen-bond donors (Lipinski definition) is 1. The van der Waals surface area contributed by atoms with Crippen molar-refractivity contribution in [2.75, 3.05) is 12.8 Å². The lowest BCUT2D eigenvalue weighted by Gasteiger charge is -2.11. The molecule has 8 nitrogen and oxygen atoms in total. The Labute approximate surface area is 184 Å². The van der Waals surface area contributed by atoms with Crippen LogP contribution in [0.5, 0.6) is 5.75 Å². The Morgan fingerprint density at radius 3 is 2.75 bits per heavy atom. The van der Waals surface area contributed by atoms with Gasteiger partial charge in [-0.1, -0.05) is 18.2 Å². The summed E-state index contributed by atoms with van der Waals surface area (Å²) in [6, 6.07) is 14.5. The first kappa shape index (κ1) is 20.2. The smallest absolute Gasteiger partial charge is 0.256 e. The molecule has 9 heteroatoms. The fourth-order valence-electron chi connectivity index (χ4n) is 3.80. The van der Waals surface area contributed by atoms with Crippen molar-refractivity contribution in [1.29, 1.82) is 0 Å². The first-order valence-corrected chi connectivity index (χ1v) is 11.9. The molecule has 4 aromatic rings. The molecule has 0 fully saturated rings. The molecule has 1 N–H and O–H groups in total. The van der Waals surface area contributed by atoms with Gasteiger partial charge in [0.25, 0.3) is 5.91 Å². The van der Waals surface area contributed by atoms with Gasteiger partial charge in [0.2, 0.25) is 0 Å². The van der Waals surface area contributed by atoms with E-state index in [9.17, 15) is 13.2 Å². The Morgan fingerprint density at radius 2 is 1.97 bits per heavy atom. The van der Waals surface area contributed by atoms with Crippen molar-refractivity contribution in [3.05, 3.63) is 78.2 Å². The number of ether oxygens (including phenoxy) is 1. The molecule has 1 atom stereocenters. The number of nitrogens with one attached hydrogen (secondary N) is 1. The minimum atomic E-state index is -3.22. The molecule has 0 saturated heterocycles. The molecule has 1 aliphatic heterocycles. The number of carbonyl (C=O) groups excluding carboxylic acids is 1. The second kappa shape index (κ2) is 7.76. The summed E-state index contributed by atoms with van der Waals surface area (Å²) in [5.41, 5.74) is 3.88. The van der Waals surface area contributed by atoms with Crippen molar-refractivity contribution in [3.8, 4) is 16.9 Å². The van der Waals surface area contributed by atoms with E-state index in [0.717, 1.165) is 22.4 Å². The molecule has 32 heavy (non-hydrogen) atoms. The fraction of sp³-hybridized carbons (Fsp3) is 0.174. The minimum absolute atomic E-state index is 0.174. The van der Waals surface area contributed by atoms with Crippen LogP contribution in [-0.2, 0) is 16.3 Å². The summed E-state index contributed by atoms with van der Waals surface area (Å²) in [5, 5.41) is 7.04. The number of carbonyl (C=O) groups is 1. The van der Waals surface area contributed by atoms with Crippen molar-refractivity contribution >= 4 is 21.4 Å². The third-order valence-corrected chi connectivity index (χ3v) is 6.56. The molecule has 1 amide bonds. The van der Waals surface area contributed by atoms with Gasteiger partial charge in [-0.3, -0.25) is 4.79 Å². The molecule has 1 unspecified atom stereocenters. The van der Waals surface area contributed by atoms with Gasteiger partial charge in [0.05, 0.1) is 17.6 Å². The van der Waals surface area contributed by atoms with Gasteiger partial charge in [-0.25, -0.2) is 17.9 Å². The molecule has 0 aliphatic carbocycles. The monoisotopic (exact) mass is 448 g/mol. The molecule has 0 saturated carbocycles. The van der Waals surface area contributed by atoms with Crippen LogP contribution >= 0.6 is 0 Å². The summed E-state index contributed by atoms with van der Waals surface area (Å²) in [7, 11) is -3.22. The van der Waals surface area contributed by atoms with Gasteiger partial charge in [-0.15, -0.1) is 0 Å². The van der Waals surface area contributed by atoms with E-state index >= 15 is 0 Å². The second-order valence-electron chi connectivity index (χ2n) is 7.72. The maximum Gasteiger partial charge on any atom is 0.256 e. The average Bonchev–Trinajstić information content (AvgIpc) is 3.40. The quantitative estimate of drug-likeness (QED) is 0.503. The Kier molecular flexibility index (Phi) is 4.90. The van der Waals surface area contributed by atoms with Crippen LogP contribution in [0.1, 0.15) is 15.9 Å². The van der Waals surface area contributed by atoms with Gasteiger partial charge in [-0.05, 0) is 47.0 Å². The first-order chi connectivity index (χ1) is 15.4. The molecule has 5 rings (SSSR count). The van der Waals surface area contributed by atoms with Crippen LogP contribution in [0.15, 0.2) is 72.0 Å². The number of hydrogen-bond acceptors (Lipinski definition) is 6. The maximum absolute atomic E-state index is 12.6. The normalized spacial score (nSPS) is 15.3. The van der Waals surface area contributed by atoms with Crippen LogP contribution in [0.3, 0.4) is 0 Å². The first-order valence-electron chi connectivity index (χ1n) is 10.0. The van der Waals surface area contributed by atoms with E-state index in [2.05, 4.69) is 15.4 Å². The molecule has 162 valence electrons. The molecule has 0 spiro atoms. The van der Waals surface area contributed by atoms with E-state index in [4.69, 9.17) is 4.74 Å². The lowest BCUT2D eigenvalue weighted by Crippen LogP contribution is -2.34. The standard InChI is InChI=1S/C23H20N4O4S/c1-32(29,30)19-6-3-15(4-7-19)16-5-8-21-17(11-16)12-18(31-21)13-25-23(28)20-14-26-27-10-2-9-24-22(20)27/h2-11,14,18H,12-13H2,1H3,(H,25,28). The van der Waals surface area contributed by atoms with Gasteiger partial charge in [-0.2, -0.15) is 5.10 Å². The predicted octanol–water partition coefficient (Wildman–Crippen LogP) is 2.53. The van der Waals surface area contributed by atoms with Crippen LogP contribution in [0.2, 0.25) is 0 Å². The highest BCUT2D eigenvalue weighted by Gasteiger charge is 2.24. The fourth-order valence-corrected chi connectivity index (χ4v) is 4.43. The van der Waals surface area contributed by atoms with Crippen LogP contribution < -0.4 is 10.1 Å². The summed E-state index contributed by atoms with van der Waals surface area (Å²) in [5.74, 6) is 0.545. The van der Waals surface area contributed by atoms with Crippen LogP contribution in [0, 0.1) is 0 Å². The summed E-state index contributed by atoms with van der Waals surface area (Å²) in [6.07, 6.45) is 6.55. The SMILES string of the molecule is CS(=O)(=O)c1ccc(-c2ccc3c(c2)CC(CNC(=O)c2cnn4cccnc24)O3)cc1. The number of benzene rings is 2. The summed E-state index contributed by atoms with van der Waals surface area (Å²) in [4.78, 5) is 17.1. The van der Waals surface area contributed by atoms with Crippen molar-refractivity contribution in [2.45, 2.75) is 17.4 Å². The van der Waals surface area contributed by atoms with Crippen molar-refractivity contribution in [1.82, 2.24) is 19.9 Å². The highest BCUT2D eigenvalue weighted by Crippen LogP contribution is 2.33. The van der Waals surface area contributed by atoms with E-state index < -0.39 is 9.84 Å². The van der Waals surface area contributed by atoms with Crippen molar-refractivity contribution in [3.63, 3.8) is 0 Å². The molecular formula is C23H20N4O4S. The second-order valence-corrected chi connectivity index (χ2v) is 9.73. The summed E-state index contributed by atoms with van der Waals surface area (Å²) >= 11 is 0. The van der Waals surface area contributed by atoms with Gasteiger partial charge >= 0.3 is 0 Å². The van der Waals surface area contributed by atoms with E-state index in [0.29, 0.717) is 29.1 Å². The minimum Gasteiger partial charge on any atom is -0.488 e. The van der Waals surface area contributed by atoms with Crippen molar-refractivity contribution in [2.24, 2.45) is 0 Å². The molecule has 3 heterocycles. The number of nitrogens with zero attached hydrogens (tertiary/aromatic N) is 3. The zero-order chi connectivity index (χ0) is 22.3. The number of sulfone groups is 1. The number of rotatable bonds is 5. The number of amides is 1. The topological polar surface area (TPSA) is 103 Å². The Hall–Kier alpha value is -3.72. The highest BCUT2D eigenvalue weighted by molar-refractivity contribution is 7.90. The summed E-state index contributed by atoms with van der Waals surface area (Å²) in [6.45, 7) is 0.357. The predicted molar refractivity (Wildman–Crippen MR) is 118 cm³/mol. The Balaban J connectivity index is 1.26. The van der Waals surface area contributed by atoms with Crippen LogP contribution in [0.25, 0.3) is 16.8 Å². The number of fused-ring (bicyclic) bond motifs is 2. The van der Waals surface area contributed by atoms with E-state index in [1.807, 2.05) is 18.2 Å². The van der Waals surface area contributed by atoms with Crippen LogP contribution in [-0.4, -0.2) is 47.8 Å². The average molecular weight is 449 g/mol. The third kappa shape index (κ3) is 3.82. The zero-order valence-corrected chi connectivity index (χ0v) is 18.0. The molecular weight excluding hydrogens is 428 g/mol. The molecule has 0 bridgehead atoms.